The highest BCUT2D eigenvalue weighted by molar-refractivity contribution is 5.80. The zero-order chi connectivity index (χ0) is 36.2. The lowest BCUT2D eigenvalue weighted by atomic mass is 10.0. The number of carbonyl (C=O) groups is 6. The highest BCUT2D eigenvalue weighted by atomic mass is 16.4. The zero-order valence-electron chi connectivity index (χ0n) is 25.5. The van der Waals surface area contributed by atoms with Crippen molar-refractivity contribution < 1.29 is 59.4 Å². The summed E-state index contributed by atoms with van der Waals surface area (Å²) < 4.78 is 0. The Balaban J connectivity index is -0.000000147. The third-order valence-electron chi connectivity index (χ3n) is 4.76. The molecule has 0 unspecified atom stereocenters. The third kappa shape index (κ3) is 42.4. The van der Waals surface area contributed by atoms with Crippen LogP contribution in [0.4, 0.5) is 0 Å². The maximum atomic E-state index is 10.2. The zero-order valence-corrected chi connectivity index (χ0v) is 25.5. The Morgan fingerprint density at radius 1 is 0.682 bits per heavy atom. The summed E-state index contributed by atoms with van der Waals surface area (Å²) in [5, 5.41) is 48.7. The molecule has 0 aliphatic heterocycles. The van der Waals surface area contributed by atoms with Crippen molar-refractivity contribution in [2.45, 2.75) is 84.0 Å². The molecule has 0 aromatic carbocycles. The molecule has 44 heavy (non-hydrogen) atoms. The number of hydrogen-bond donors (Lipinski definition) is 13. The van der Waals surface area contributed by atoms with Gasteiger partial charge in [0.25, 0.3) is 0 Å². The molecule has 20 heteroatoms. The van der Waals surface area contributed by atoms with Crippen LogP contribution >= 0.6 is 0 Å². The lowest BCUT2D eigenvalue weighted by molar-refractivity contribution is -0.144. The summed E-state index contributed by atoms with van der Waals surface area (Å²) in [5.41, 5.74) is 35.2. The van der Waals surface area contributed by atoms with Gasteiger partial charge in [-0.15, -0.1) is 0 Å². The van der Waals surface area contributed by atoms with E-state index in [1.807, 2.05) is 27.7 Å². The van der Waals surface area contributed by atoms with E-state index in [4.69, 9.17) is 65.0 Å². The lowest BCUT2D eigenvalue weighted by Gasteiger charge is -2.11. The standard InChI is InChI=1S/C6H14N4O2.2C6H13NO2.C4H7NO4.C2H5NO2/c7-4(5(11)12)2-1-3-10-6(8)9;1-4(2)3-5(7)6(8)9;1-3-4(2)5(7)6(8)9;5-2(4(8)9)1-3(6)7;3-1-2(4)5/h4H,1-3,7H2,(H,11,12)(H4,8,9,10);2*4-5H,3,7H2,1-2H3,(H,8,9);2H,1,5H2,(H,6,7)(H,8,9);1,3H2,(H,4,5)/t4-;5-;4-,5-;2-;/m0000./s1. The average Bonchev–Trinajstić information content (AvgIpc) is 2.90. The van der Waals surface area contributed by atoms with Crippen molar-refractivity contribution in [3.63, 3.8) is 0 Å². The van der Waals surface area contributed by atoms with Crippen molar-refractivity contribution >= 4 is 41.8 Å². The molecule has 0 fully saturated rings. The van der Waals surface area contributed by atoms with Crippen molar-refractivity contribution in [2.24, 2.45) is 57.0 Å². The molecule has 20 nitrogen and oxygen atoms in total. The van der Waals surface area contributed by atoms with E-state index in [1.54, 1.807) is 0 Å². The van der Waals surface area contributed by atoms with Crippen LogP contribution in [0.2, 0.25) is 0 Å². The van der Waals surface area contributed by atoms with Gasteiger partial charge < -0.3 is 70.8 Å². The van der Waals surface area contributed by atoms with E-state index in [2.05, 4.69) is 10.7 Å². The van der Waals surface area contributed by atoms with E-state index >= 15 is 0 Å². The van der Waals surface area contributed by atoms with Gasteiger partial charge in [0.1, 0.15) is 24.2 Å². The van der Waals surface area contributed by atoms with Crippen LogP contribution in [-0.4, -0.2) is 110 Å². The fraction of sp³-hybridized carbons (Fsp3) is 0.708. The Kier molecular flexibility index (Phi) is 34.2. The van der Waals surface area contributed by atoms with Crippen LogP contribution in [0.25, 0.3) is 0 Å². The number of nitrogens with zero attached hydrogens (tertiary/aromatic N) is 1. The van der Waals surface area contributed by atoms with Gasteiger partial charge >= 0.3 is 35.8 Å². The molecule has 0 rings (SSSR count). The molecule has 0 aromatic rings. The molecule has 0 bridgehead atoms. The van der Waals surface area contributed by atoms with Gasteiger partial charge in [0.15, 0.2) is 5.96 Å². The van der Waals surface area contributed by atoms with E-state index in [1.165, 1.54) is 0 Å². The van der Waals surface area contributed by atoms with Gasteiger partial charge in [-0.2, -0.15) is 0 Å². The van der Waals surface area contributed by atoms with Crippen LogP contribution in [0.15, 0.2) is 4.99 Å². The van der Waals surface area contributed by atoms with Gasteiger partial charge in [-0.25, -0.2) is 0 Å². The van der Waals surface area contributed by atoms with Gasteiger partial charge in [0.2, 0.25) is 0 Å². The van der Waals surface area contributed by atoms with E-state index in [0.717, 1.165) is 6.42 Å². The summed E-state index contributed by atoms with van der Waals surface area (Å²) in [5.74, 6) is -5.85. The summed E-state index contributed by atoms with van der Waals surface area (Å²) in [6, 6.07) is -3.50. The minimum absolute atomic E-state index is 0.0129. The van der Waals surface area contributed by atoms with Crippen LogP contribution in [0.1, 0.15) is 59.8 Å². The number of carboxylic acid groups (broad SMARTS) is 6. The number of guanidine groups is 1. The molecule has 0 amide bonds. The fourth-order valence-corrected chi connectivity index (χ4v) is 2.02. The Labute approximate surface area is 255 Å². The molecule has 0 heterocycles. The normalized spacial score (nSPS) is 13.0. The summed E-state index contributed by atoms with van der Waals surface area (Å²) in [4.78, 5) is 63.0. The van der Waals surface area contributed by atoms with E-state index in [-0.39, 0.29) is 18.4 Å². The molecule has 260 valence electrons. The number of carboxylic acids is 6. The number of rotatable bonds is 15. The van der Waals surface area contributed by atoms with E-state index < -0.39 is 66.4 Å². The van der Waals surface area contributed by atoms with E-state index in [9.17, 15) is 28.8 Å². The Bertz CT molecular complexity index is 870. The molecule has 0 radical (unpaired) electrons. The number of aliphatic carboxylic acids is 6. The van der Waals surface area contributed by atoms with Crippen molar-refractivity contribution in [2.75, 3.05) is 13.1 Å². The van der Waals surface area contributed by atoms with Crippen LogP contribution in [-0.2, 0) is 28.8 Å². The van der Waals surface area contributed by atoms with Gasteiger partial charge in [-0.05, 0) is 31.1 Å². The third-order valence-corrected chi connectivity index (χ3v) is 4.76. The Morgan fingerprint density at radius 3 is 1.27 bits per heavy atom. The van der Waals surface area contributed by atoms with Gasteiger partial charge in [-0.1, -0.05) is 34.1 Å². The topological polar surface area (TPSA) is 418 Å². The first-order chi connectivity index (χ1) is 20.0. The first kappa shape index (κ1) is 49.6. The molecule has 0 saturated heterocycles. The lowest BCUT2D eigenvalue weighted by Crippen LogP contribution is -2.36. The average molecular weight is 645 g/mol. The summed E-state index contributed by atoms with van der Waals surface area (Å²) in [6.45, 7) is 7.79. The van der Waals surface area contributed by atoms with Crippen molar-refractivity contribution in [3.05, 3.63) is 0 Å². The number of hydrogen-bond acceptors (Lipinski definition) is 12. The monoisotopic (exact) mass is 644 g/mol. The summed E-state index contributed by atoms with van der Waals surface area (Å²) in [7, 11) is 0. The highest BCUT2D eigenvalue weighted by Crippen LogP contribution is 2.04. The second kappa shape index (κ2) is 30.4. The van der Waals surface area contributed by atoms with Crippen LogP contribution in [0, 0.1) is 11.8 Å². The van der Waals surface area contributed by atoms with Crippen molar-refractivity contribution in [1.29, 1.82) is 0 Å². The maximum Gasteiger partial charge on any atom is 0.321 e. The van der Waals surface area contributed by atoms with Crippen LogP contribution < -0.4 is 40.1 Å². The van der Waals surface area contributed by atoms with Crippen molar-refractivity contribution in [3.8, 4) is 0 Å². The smallest absolute Gasteiger partial charge is 0.321 e. The van der Waals surface area contributed by atoms with Gasteiger partial charge in [-0.3, -0.25) is 33.8 Å². The molecular weight excluding hydrogens is 592 g/mol. The van der Waals surface area contributed by atoms with Crippen LogP contribution in [0.3, 0.4) is 0 Å². The predicted octanol–water partition coefficient (Wildman–Crippen LogP) is -2.76. The maximum absolute atomic E-state index is 10.2. The van der Waals surface area contributed by atoms with Gasteiger partial charge in [0, 0.05) is 6.54 Å². The second-order valence-electron chi connectivity index (χ2n) is 9.36. The highest BCUT2D eigenvalue weighted by Gasteiger charge is 2.17. The van der Waals surface area contributed by atoms with E-state index in [0.29, 0.717) is 31.7 Å². The summed E-state index contributed by atoms with van der Waals surface area (Å²) >= 11 is 0. The van der Waals surface area contributed by atoms with Gasteiger partial charge in [0.05, 0.1) is 13.0 Å². The van der Waals surface area contributed by atoms with Crippen molar-refractivity contribution in [1.82, 2.24) is 0 Å². The second-order valence-corrected chi connectivity index (χ2v) is 9.36. The first-order valence-corrected chi connectivity index (χ1v) is 13.1. The number of aliphatic imine (C=N–C) groups is 1. The summed E-state index contributed by atoms with van der Waals surface area (Å²) in [6.07, 6.45) is 1.79. The molecule has 5 atom stereocenters. The molecule has 0 aliphatic carbocycles. The molecular formula is C24H52N8O12. The Hall–Kier alpha value is -4.11. The minimum atomic E-state index is -1.29. The first-order valence-electron chi connectivity index (χ1n) is 13.1. The minimum Gasteiger partial charge on any atom is -0.481 e. The molecule has 20 N–H and O–H groups in total. The Morgan fingerprint density at radius 2 is 1.09 bits per heavy atom. The predicted molar refractivity (Wildman–Crippen MR) is 160 cm³/mol. The fourth-order valence-electron chi connectivity index (χ4n) is 2.02. The molecule has 0 aromatic heterocycles. The van der Waals surface area contributed by atoms with Crippen LogP contribution in [0.5, 0.6) is 0 Å². The SMILES string of the molecule is CC(C)C[C@H](N)C(=O)O.CC[C@H](C)[C@H](N)C(=O)O.NC(N)=NCCC[C@H](N)C(=O)O.NCC(=O)O.N[C@@H](CC(=O)O)C(=O)O. The largest absolute Gasteiger partial charge is 0.481 e. The molecule has 0 saturated carbocycles. The molecule has 0 aliphatic rings. The quantitative estimate of drug-likeness (QED) is 0.0487. The molecule has 0 spiro atoms. The number of nitrogens with two attached hydrogens (primary N) is 7.